The molecule has 4 aromatic rings. The molecule has 1 aromatic heterocycles. The van der Waals surface area contributed by atoms with Crippen molar-refractivity contribution >= 4 is 41.0 Å². The lowest BCUT2D eigenvalue weighted by Gasteiger charge is -2.16. The number of thioether (sulfide) groups is 1. The summed E-state index contributed by atoms with van der Waals surface area (Å²) < 4.78 is 10.5. The fourth-order valence-corrected chi connectivity index (χ4v) is 5.78. The molecule has 0 N–H and O–H groups in total. The second kappa shape index (κ2) is 13.4. The van der Waals surface area contributed by atoms with Crippen LogP contribution in [0.2, 0.25) is 0 Å². The van der Waals surface area contributed by atoms with E-state index in [4.69, 9.17) is 14.5 Å². The Morgan fingerprint density at radius 3 is 2.34 bits per heavy atom. The number of aryl methyl sites for hydroxylation is 1. The minimum atomic E-state index is -0.772. The van der Waals surface area contributed by atoms with Crippen molar-refractivity contribution in [2.45, 2.75) is 30.5 Å². The van der Waals surface area contributed by atoms with Gasteiger partial charge in [-0.1, -0.05) is 42.1 Å². The van der Waals surface area contributed by atoms with E-state index >= 15 is 0 Å². The van der Waals surface area contributed by atoms with Crippen LogP contribution >= 0.6 is 11.8 Å². The molecule has 1 aliphatic rings. The standard InChI is InChI=1S/C34H27N3O6S/c1-3-42-27-15-11-22(12-16-27)28(38)20-43-34(41)24-9-13-26(14-10-24)37-30(39)18-29(33(37)40)44-32-25(19-35)17-21(2)31(36-32)23-7-5-4-6-8-23/h4-17,29H,3,18,20H2,1-2H3. The van der Waals surface area contributed by atoms with E-state index in [-0.39, 0.29) is 17.8 Å². The SMILES string of the molecule is CCOc1ccc(C(=O)COC(=O)c2ccc(N3C(=O)CC(Sc4nc(-c5ccccc5)c(C)cc4C#N)C3=O)cc2)cc1. The lowest BCUT2D eigenvalue weighted by Crippen LogP contribution is -2.31. The Hall–Kier alpha value is -5.27. The van der Waals surface area contributed by atoms with Gasteiger partial charge in [-0.2, -0.15) is 5.26 Å². The van der Waals surface area contributed by atoms with E-state index in [1.165, 1.54) is 24.3 Å². The highest BCUT2D eigenvalue weighted by Gasteiger charge is 2.41. The molecule has 9 nitrogen and oxygen atoms in total. The molecule has 1 fully saturated rings. The number of rotatable bonds is 10. The van der Waals surface area contributed by atoms with Crippen molar-refractivity contribution in [1.29, 1.82) is 5.26 Å². The zero-order valence-corrected chi connectivity index (χ0v) is 24.8. The number of hydrogen-bond donors (Lipinski definition) is 0. The third-order valence-electron chi connectivity index (χ3n) is 6.89. The van der Waals surface area contributed by atoms with Crippen molar-refractivity contribution in [1.82, 2.24) is 4.98 Å². The summed E-state index contributed by atoms with van der Waals surface area (Å²) in [5.74, 6) is -1.29. The highest BCUT2D eigenvalue weighted by Crippen LogP contribution is 2.36. The van der Waals surface area contributed by atoms with Gasteiger partial charge < -0.3 is 9.47 Å². The number of nitriles is 1. The molecule has 2 amide bonds. The Morgan fingerprint density at radius 2 is 1.68 bits per heavy atom. The number of anilines is 1. The maximum absolute atomic E-state index is 13.4. The van der Waals surface area contributed by atoms with Crippen molar-refractivity contribution in [3.8, 4) is 23.1 Å². The summed E-state index contributed by atoms with van der Waals surface area (Å²) in [5, 5.41) is 9.33. The van der Waals surface area contributed by atoms with E-state index < -0.39 is 29.6 Å². The fourth-order valence-electron chi connectivity index (χ4n) is 4.70. The molecule has 3 aromatic carbocycles. The summed E-state index contributed by atoms with van der Waals surface area (Å²) in [6.07, 6.45) is -0.0674. The van der Waals surface area contributed by atoms with Gasteiger partial charge in [0.1, 0.15) is 16.8 Å². The number of ketones is 1. The average molecular weight is 606 g/mol. The van der Waals surface area contributed by atoms with Gasteiger partial charge in [0.15, 0.2) is 12.4 Å². The van der Waals surface area contributed by atoms with Crippen LogP contribution in [0.4, 0.5) is 5.69 Å². The second-order valence-electron chi connectivity index (χ2n) is 9.87. The third-order valence-corrected chi connectivity index (χ3v) is 8.08. The van der Waals surface area contributed by atoms with Crippen molar-refractivity contribution in [2.75, 3.05) is 18.1 Å². The highest BCUT2D eigenvalue weighted by molar-refractivity contribution is 8.00. The van der Waals surface area contributed by atoms with Gasteiger partial charge in [-0.25, -0.2) is 14.7 Å². The van der Waals surface area contributed by atoms with Crippen LogP contribution in [0, 0.1) is 18.3 Å². The number of hydrogen-bond acceptors (Lipinski definition) is 9. The molecule has 0 aliphatic carbocycles. The zero-order chi connectivity index (χ0) is 31.2. The summed E-state index contributed by atoms with van der Waals surface area (Å²) in [6.45, 7) is 3.79. The van der Waals surface area contributed by atoms with E-state index in [9.17, 15) is 24.4 Å². The van der Waals surface area contributed by atoms with Crippen LogP contribution in [-0.4, -0.2) is 47.0 Å². The number of Topliss-reactive ketones (excluding diaryl/α,β-unsaturated/α-hetero) is 1. The first-order valence-electron chi connectivity index (χ1n) is 13.8. The Morgan fingerprint density at radius 1 is 1.00 bits per heavy atom. The van der Waals surface area contributed by atoms with E-state index in [2.05, 4.69) is 6.07 Å². The largest absolute Gasteiger partial charge is 0.494 e. The summed E-state index contributed by atoms with van der Waals surface area (Å²) in [6, 6.07) is 25.8. The number of amides is 2. The van der Waals surface area contributed by atoms with Gasteiger partial charge in [0.05, 0.1) is 34.4 Å². The second-order valence-corrected chi connectivity index (χ2v) is 11.1. The van der Waals surface area contributed by atoms with Gasteiger partial charge in [0.25, 0.3) is 0 Å². The van der Waals surface area contributed by atoms with Crippen molar-refractivity contribution < 1.29 is 28.7 Å². The molecule has 2 heterocycles. The lowest BCUT2D eigenvalue weighted by atomic mass is 10.1. The van der Waals surface area contributed by atoms with E-state index in [1.54, 1.807) is 30.3 Å². The summed E-state index contributed by atoms with van der Waals surface area (Å²) in [4.78, 5) is 57.1. The van der Waals surface area contributed by atoms with Crippen molar-refractivity contribution in [3.63, 3.8) is 0 Å². The van der Waals surface area contributed by atoms with Gasteiger partial charge >= 0.3 is 5.97 Å². The maximum atomic E-state index is 13.4. The maximum Gasteiger partial charge on any atom is 0.338 e. The monoisotopic (exact) mass is 605 g/mol. The minimum absolute atomic E-state index is 0.0674. The number of benzene rings is 3. The molecule has 5 rings (SSSR count). The number of carbonyl (C=O) groups is 4. The number of carbonyl (C=O) groups excluding carboxylic acids is 4. The minimum Gasteiger partial charge on any atom is -0.494 e. The molecule has 0 spiro atoms. The van der Waals surface area contributed by atoms with Gasteiger partial charge in [-0.3, -0.25) is 14.4 Å². The smallest absolute Gasteiger partial charge is 0.338 e. The molecule has 10 heteroatoms. The molecule has 1 unspecified atom stereocenters. The molecule has 1 saturated heterocycles. The Balaban J connectivity index is 1.24. The zero-order valence-electron chi connectivity index (χ0n) is 24.0. The number of nitrogens with zero attached hydrogens (tertiary/aromatic N) is 3. The molecule has 0 bridgehead atoms. The van der Waals surface area contributed by atoms with E-state index in [0.29, 0.717) is 39.9 Å². The quantitative estimate of drug-likeness (QED) is 0.125. The summed E-state index contributed by atoms with van der Waals surface area (Å²) in [7, 11) is 0. The van der Waals surface area contributed by atoms with Gasteiger partial charge in [0.2, 0.25) is 11.8 Å². The number of imide groups is 1. The number of aromatic nitrogens is 1. The van der Waals surface area contributed by atoms with Crippen LogP contribution < -0.4 is 9.64 Å². The highest BCUT2D eigenvalue weighted by atomic mass is 32.2. The van der Waals surface area contributed by atoms with Gasteiger partial charge in [-0.15, -0.1) is 0 Å². The predicted octanol–water partition coefficient (Wildman–Crippen LogP) is 5.79. The van der Waals surface area contributed by atoms with Gasteiger partial charge in [0, 0.05) is 17.5 Å². The van der Waals surface area contributed by atoms with Crippen LogP contribution in [-0.2, 0) is 14.3 Å². The predicted molar refractivity (Wildman–Crippen MR) is 165 cm³/mol. The molecule has 1 aliphatic heterocycles. The van der Waals surface area contributed by atoms with E-state index in [0.717, 1.165) is 27.8 Å². The first-order chi connectivity index (χ1) is 21.3. The van der Waals surface area contributed by atoms with Gasteiger partial charge in [-0.05, 0) is 74.0 Å². The molecular formula is C34H27N3O6S. The van der Waals surface area contributed by atoms with Crippen LogP contribution in [0.15, 0.2) is 90.0 Å². The fraction of sp³-hybridized carbons (Fsp3) is 0.176. The summed E-state index contributed by atoms with van der Waals surface area (Å²) >= 11 is 1.09. The molecule has 220 valence electrons. The molecular weight excluding hydrogens is 578 g/mol. The first kappa shape index (κ1) is 30.2. The number of pyridine rings is 1. The van der Waals surface area contributed by atoms with Crippen LogP contribution in [0.5, 0.6) is 5.75 Å². The van der Waals surface area contributed by atoms with Crippen LogP contribution in [0.3, 0.4) is 0 Å². The third kappa shape index (κ3) is 6.53. The topological polar surface area (TPSA) is 127 Å². The first-order valence-corrected chi connectivity index (χ1v) is 14.7. The van der Waals surface area contributed by atoms with E-state index in [1.807, 2.05) is 44.2 Å². The lowest BCUT2D eigenvalue weighted by molar-refractivity contribution is -0.121. The average Bonchev–Trinajstić information content (AvgIpc) is 3.32. The molecule has 44 heavy (non-hydrogen) atoms. The number of esters is 1. The summed E-state index contributed by atoms with van der Waals surface area (Å²) in [5.41, 5.74) is 3.58. The Bertz CT molecular complexity index is 1770. The van der Waals surface area contributed by atoms with Crippen LogP contribution in [0.25, 0.3) is 11.3 Å². The Kier molecular flexibility index (Phi) is 9.17. The van der Waals surface area contributed by atoms with Crippen molar-refractivity contribution in [3.05, 3.63) is 107 Å². The Labute approximate surface area is 258 Å². The molecule has 0 radical (unpaired) electrons. The number of ether oxygens (including phenoxy) is 2. The van der Waals surface area contributed by atoms with Crippen LogP contribution in [0.1, 0.15) is 45.2 Å². The van der Waals surface area contributed by atoms with Crippen molar-refractivity contribution in [2.24, 2.45) is 0 Å². The normalized spacial score (nSPS) is 14.3. The molecule has 1 atom stereocenters. The molecule has 0 saturated carbocycles.